The molecule has 0 heterocycles. The third-order valence-corrected chi connectivity index (χ3v) is 6.81. The zero-order chi connectivity index (χ0) is 16.7. The summed E-state index contributed by atoms with van der Waals surface area (Å²) in [6.45, 7) is -0.189. The number of nitrogens with one attached hydrogen (secondary N) is 1. The van der Waals surface area contributed by atoms with Crippen LogP contribution in [-0.4, -0.2) is 24.0 Å². The number of hydrogen-bond acceptors (Lipinski definition) is 3. The molecule has 0 aliphatic heterocycles. The molecule has 0 saturated heterocycles. The summed E-state index contributed by atoms with van der Waals surface area (Å²) in [7, 11) is 0. The van der Waals surface area contributed by atoms with E-state index < -0.39 is 5.97 Å². The van der Waals surface area contributed by atoms with E-state index in [1.807, 2.05) is 12.1 Å². The van der Waals surface area contributed by atoms with E-state index in [1.165, 1.54) is 19.3 Å². The lowest BCUT2D eigenvalue weighted by atomic mass is 9.53. The first-order valence-corrected chi connectivity index (χ1v) is 9.83. The van der Waals surface area contributed by atoms with Crippen molar-refractivity contribution in [2.24, 2.45) is 17.8 Å². The number of carbonyl (C=O) groups excluding carboxylic acids is 2. The minimum absolute atomic E-state index is 0.0284. The summed E-state index contributed by atoms with van der Waals surface area (Å²) in [4.78, 5) is 24.5. The molecule has 1 amide bonds. The Morgan fingerprint density at radius 1 is 1.08 bits per heavy atom. The molecule has 4 bridgehead atoms. The highest BCUT2D eigenvalue weighted by molar-refractivity contribution is 14.1. The minimum atomic E-state index is -0.430. The topological polar surface area (TPSA) is 55.4 Å². The number of halogens is 1. The Hall–Kier alpha value is -1.11. The Morgan fingerprint density at radius 2 is 1.67 bits per heavy atom. The van der Waals surface area contributed by atoms with Gasteiger partial charge in [0.2, 0.25) is 0 Å². The highest BCUT2D eigenvalue weighted by Crippen LogP contribution is 2.55. The second-order valence-electron chi connectivity index (χ2n) is 7.80. The van der Waals surface area contributed by atoms with Crippen LogP contribution in [0.2, 0.25) is 0 Å². The SMILES string of the molecule is O=C(COC(=O)c1ccccc1I)NC12CC3CC(CC(C3)C1)C2. The van der Waals surface area contributed by atoms with E-state index in [0.717, 1.165) is 40.6 Å². The first-order valence-electron chi connectivity index (χ1n) is 8.76. The lowest BCUT2D eigenvalue weighted by Crippen LogP contribution is -2.60. The molecule has 5 heteroatoms. The lowest BCUT2D eigenvalue weighted by Gasteiger charge is -2.56. The summed E-state index contributed by atoms with van der Waals surface area (Å²) < 4.78 is 6.06. The number of hydrogen-bond donors (Lipinski definition) is 1. The van der Waals surface area contributed by atoms with Crippen LogP contribution in [0.3, 0.4) is 0 Å². The highest BCUT2D eigenvalue weighted by atomic mass is 127. The third kappa shape index (κ3) is 3.19. The van der Waals surface area contributed by atoms with Gasteiger partial charge in [-0.3, -0.25) is 4.79 Å². The van der Waals surface area contributed by atoms with Gasteiger partial charge in [-0.05, 0) is 91.0 Å². The highest BCUT2D eigenvalue weighted by Gasteiger charge is 2.51. The molecule has 0 unspecified atom stereocenters. The summed E-state index contributed by atoms with van der Waals surface area (Å²) in [5, 5.41) is 3.23. The zero-order valence-corrected chi connectivity index (χ0v) is 15.8. The molecule has 4 saturated carbocycles. The van der Waals surface area contributed by atoms with E-state index in [2.05, 4.69) is 27.9 Å². The molecule has 1 aromatic carbocycles. The Balaban J connectivity index is 1.34. The van der Waals surface area contributed by atoms with Crippen LogP contribution in [0.5, 0.6) is 0 Å². The summed E-state index contributed by atoms with van der Waals surface area (Å²) in [6, 6.07) is 7.25. The quantitative estimate of drug-likeness (QED) is 0.577. The molecule has 1 aromatic rings. The van der Waals surface area contributed by atoms with Gasteiger partial charge in [0.15, 0.2) is 6.61 Å². The zero-order valence-electron chi connectivity index (χ0n) is 13.6. The van der Waals surface area contributed by atoms with Crippen LogP contribution in [0.4, 0.5) is 0 Å². The largest absolute Gasteiger partial charge is 0.452 e. The summed E-state index contributed by atoms with van der Waals surface area (Å²) in [6.07, 6.45) is 7.35. The molecule has 128 valence electrons. The van der Waals surface area contributed by atoms with Crippen LogP contribution in [0, 0.1) is 21.3 Å². The smallest absolute Gasteiger partial charge is 0.339 e. The van der Waals surface area contributed by atoms with Crippen LogP contribution in [-0.2, 0) is 9.53 Å². The predicted molar refractivity (Wildman–Crippen MR) is 98.5 cm³/mol. The third-order valence-electron chi connectivity index (χ3n) is 5.87. The van der Waals surface area contributed by atoms with Crippen molar-refractivity contribution < 1.29 is 14.3 Å². The van der Waals surface area contributed by atoms with Crippen LogP contribution in [0.25, 0.3) is 0 Å². The summed E-state index contributed by atoms with van der Waals surface area (Å²) >= 11 is 2.10. The minimum Gasteiger partial charge on any atom is -0.452 e. The summed E-state index contributed by atoms with van der Waals surface area (Å²) in [5.41, 5.74) is 0.486. The van der Waals surface area contributed by atoms with Gasteiger partial charge in [0, 0.05) is 9.11 Å². The molecule has 0 radical (unpaired) electrons. The molecular weight excluding hydrogens is 417 g/mol. The van der Waals surface area contributed by atoms with Gasteiger partial charge >= 0.3 is 5.97 Å². The van der Waals surface area contributed by atoms with Crippen molar-refractivity contribution in [1.82, 2.24) is 5.32 Å². The van der Waals surface area contributed by atoms with Gasteiger partial charge in [0.05, 0.1) is 5.56 Å². The fraction of sp³-hybridized carbons (Fsp3) is 0.579. The van der Waals surface area contributed by atoms with Gasteiger partial charge in [-0.1, -0.05) is 12.1 Å². The number of esters is 1. The molecule has 5 rings (SSSR count). The molecule has 4 aliphatic rings. The van der Waals surface area contributed by atoms with E-state index in [4.69, 9.17) is 4.74 Å². The monoisotopic (exact) mass is 439 g/mol. The van der Waals surface area contributed by atoms with Crippen molar-refractivity contribution in [3.63, 3.8) is 0 Å². The van der Waals surface area contributed by atoms with Crippen molar-refractivity contribution in [1.29, 1.82) is 0 Å². The average Bonchev–Trinajstić information content (AvgIpc) is 2.51. The Morgan fingerprint density at radius 3 is 2.25 bits per heavy atom. The summed E-state index contributed by atoms with van der Waals surface area (Å²) in [5.74, 6) is 1.76. The fourth-order valence-corrected chi connectivity index (χ4v) is 6.04. The molecule has 24 heavy (non-hydrogen) atoms. The molecular formula is C19H22INO3. The van der Waals surface area contributed by atoms with Crippen molar-refractivity contribution >= 4 is 34.5 Å². The average molecular weight is 439 g/mol. The normalized spacial score (nSPS) is 33.3. The van der Waals surface area contributed by atoms with Crippen molar-refractivity contribution in [2.75, 3.05) is 6.61 Å². The van der Waals surface area contributed by atoms with Crippen molar-refractivity contribution in [2.45, 2.75) is 44.1 Å². The first kappa shape index (κ1) is 16.4. The fourth-order valence-electron chi connectivity index (χ4n) is 5.43. The van der Waals surface area contributed by atoms with E-state index in [9.17, 15) is 9.59 Å². The molecule has 0 atom stereocenters. The van der Waals surface area contributed by atoms with Crippen LogP contribution in [0.1, 0.15) is 48.9 Å². The van der Waals surface area contributed by atoms with Gasteiger partial charge in [0.1, 0.15) is 0 Å². The Bertz CT molecular complexity index is 637. The molecule has 4 nitrogen and oxygen atoms in total. The van der Waals surface area contributed by atoms with Gasteiger partial charge in [-0.15, -0.1) is 0 Å². The standard InChI is InChI=1S/C19H22INO3/c20-16-4-2-1-3-15(16)18(23)24-11-17(22)21-19-8-12-5-13(9-19)7-14(6-12)10-19/h1-4,12-14H,5-11H2,(H,21,22). The molecule has 4 fully saturated rings. The van der Waals surface area contributed by atoms with Gasteiger partial charge in [-0.2, -0.15) is 0 Å². The van der Waals surface area contributed by atoms with Crippen LogP contribution >= 0.6 is 22.6 Å². The Kier molecular flexibility index (Phi) is 4.31. The van der Waals surface area contributed by atoms with Gasteiger partial charge in [0.25, 0.3) is 5.91 Å². The second kappa shape index (κ2) is 6.32. The Labute approximate surface area is 155 Å². The van der Waals surface area contributed by atoms with Crippen molar-refractivity contribution in [3.05, 3.63) is 33.4 Å². The maximum Gasteiger partial charge on any atom is 0.339 e. The van der Waals surface area contributed by atoms with Gasteiger partial charge in [-0.25, -0.2) is 4.79 Å². The maximum absolute atomic E-state index is 12.4. The van der Waals surface area contributed by atoms with Crippen LogP contribution in [0.15, 0.2) is 24.3 Å². The second-order valence-corrected chi connectivity index (χ2v) is 8.96. The van der Waals surface area contributed by atoms with E-state index in [-0.39, 0.29) is 18.1 Å². The molecule has 0 aromatic heterocycles. The predicted octanol–water partition coefficient (Wildman–Crippen LogP) is 3.53. The van der Waals surface area contributed by atoms with E-state index in [0.29, 0.717) is 5.56 Å². The first-order chi connectivity index (χ1) is 11.5. The number of ether oxygens (including phenoxy) is 1. The number of amides is 1. The van der Waals surface area contributed by atoms with Gasteiger partial charge < -0.3 is 10.1 Å². The number of rotatable bonds is 4. The number of benzene rings is 1. The maximum atomic E-state index is 12.4. The molecule has 4 aliphatic carbocycles. The molecule has 1 N–H and O–H groups in total. The van der Waals surface area contributed by atoms with Crippen LogP contribution < -0.4 is 5.32 Å². The number of carbonyl (C=O) groups is 2. The lowest BCUT2D eigenvalue weighted by molar-refractivity contribution is -0.130. The van der Waals surface area contributed by atoms with Crippen molar-refractivity contribution in [3.8, 4) is 0 Å². The van der Waals surface area contributed by atoms with E-state index >= 15 is 0 Å². The molecule has 0 spiro atoms. The van der Waals surface area contributed by atoms with E-state index in [1.54, 1.807) is 12.1 Å².